The highest BCUT2D eigenvalue weighted by molar-refractivity contribution is 7.18. The molecule has 22 heavy (non-hydrogen) atoms. The molecule has 3 unspecified atom stereocenters. The molecule has 3 nitrogen and oxygen atoms in total. The van der Waals surface area contributed by atoms with Crippen LogP contribution in [0.15, 0.2) is 12.1 Å². The fourth-order valence-corrected chi connectivity index (χ4v) is 5.05. The van der Waals surface area contributed by atoms with Crippen LogP contribution in [0.1, 0.15) is 60.8 Å². The zero-order chi connectivity index (χ0) is 15.9. The highest BCUT2D eigenvalue weighted by Crippen LogP contribution is 2.45. The van der Waals surface area contributed by atoms with Crippen molar-refractivity contribution < 1.29 is 14.3 Å². The molecule has 1 aliphatic carbocycles. The number of aromatic nitrogens is 1. The SMILES string of the molecule is CCC1CCCC(C)C1c1nc2c(F)cc(C(=O)O)cc2s1. The number of hydrogen-bond donors (Lipinski definition) is 1. The quantitative estimate of drug-likeness (QED) is 0.859. The normalized spacial score (nSPS) is 25.5. The van der Waals surface area contributed by atoms with Gasteiger partial charge in [0.05, 0.1) is 15.3 Å². The summed E-state index contributed by atoms with van der Waals surface area (Å²) < 4.78 is 14.8. The summed E-state index contributed by atoms with van der Waals surface area (Å²) in [7, 11) is 0. The van der Waals surface area contributed by atoms with Crippen molar-refractivity contribution >= 4 is 27.5 Å². The topological polar surface area (TPSA) is 50.2 Å². The largest absolute Gasteiger partial charge is 0.478 e. The summed E-state index contributed by atoms with van der Waals surface area (Å²) in [4.78, 5) is 15.6. The molecule has 0 amide bonds. The van der Waals surface area contributed by atoms with Crippen LogP contribution in [0.25, 0.3) is 10.2 Å². The lowest BCUT2D eigenvalue weighted by Crippen LogP contribution is -2.24. The Kier molecular flexibility index (Phi) is 4.17. The number of hydrogen-bond acceptors (Lipinski definition) is 3. The third-order valence-electron chi connectivity index (χ3n) is 4.88. The van der Waals surface area contributed by atoms with E-state index in [1.54, 1.807) is 0 Å². The highest BCUT2D eigenvalue weighted by Gasteiger charge is 2.33. The molecule has 0 radical (unpaired) electrons. The number of halogens is 1. The Morgan fingerprint density at radius 1 is 1.45 bits per heavy atom. The second-order valence-corrected chi connectivity index (χ2v) is 7.33. The lowest BCUT2D eigenvalue weighted by Gasteiger charge is -2.34. The maximum absolute atomic E-state index is 14.1. The van der Waals surface area contributed by atoms with Crippen molar-refractivity contribution in [3.05, 3.63) is 28.5 Å². The van der Waals surface area contributed by atoms with Gasteiger partial charge in [-0.1, -0.05) is 33.1 Å². The first-order valence-electron chi connectivity index (χ1n) is 7.84. The van der Waals surface area contributed by atoms with Crippen molar-refractivity contribution in [1.29, 1.82) is 0 Å². The van der Waals surface area contributed by atoms with Gasteiger partial charge in [-0.15, -0.1) is 11.3 Å². The van der Waals surface area contributed by atoms with Gasteiger partial charge >= 0.3 is 5.97 Å². The van der Waals surface area contributed by atoms with Crippen LogP contribution in [0.2, 0.25) is 0 Å². The number of benzene rings is 1. The number of carboxylic acid groups (broad SMARTS) is 1. The molecule has 118 valence electrons. The zero-order valence-electron chi connectivity index (χ0n) is 12.8. The van der Waals surface area contributed by atoms with Crippen molar-refractivity contribution in [3.63, 3.8) is 0 Å². The minimum absolute atomic E-state index is 0.0102. The zero-order valence-corrected chi connectivity index (χ0v) is 13.6. The Bertz CT molecular complexity index is 712. The molecule has 1 N–H and O–H groups in total. The van der Waals surface area contributed by atoms with E-state index in [1.165, 1.54) is 36.7 Å². The minimum atomic E-state index is -1.10. The fraction of sp³-hybridized carbons (Fsp3) is 0.529. The summed E-state index contributed by atoms with van der Waals surface area (Å²) in [5, 5.41) is 10.0. The lowest BCUT2D eigenvalue weighted by atomic mass is 9.72. The first-order chi connectivity index (χ1) is 10.5. The molecular formula is C17H20FNO2S. The van der Waals surface area contributed by atoms with E-state index in [9.17, 15) is 9.18 Å². The number of thiazole rings is 1. The van der Waals surface area contributed by atoms with Crippen LogP contribution in [0.4, 0.5) is 4.39 Å². The third-order valence-corrected chi connectivity index (χ3v) is 5.98. The number of aromatic carboxylic acids is 1. The van der Waals surface area contributed by atoms with Gasteiger partial charge in [-0.2, -0.15) is 0 Å². The molecule has 0 spiro atoms. The molecule has 1 saturated carbocycles. The van der Waals surface area contributed by atoms with E-state index in [1.807, 2.05) is 0 Å². The first-order valence-corrected chi connectivity index (χ1v) is 8.66. The van der Waals surface area contributed by atoms with E-state index in [2.05, 4.69) is 18.8 Å². The smallest absolute Gasteiger partial charge is 0.335 e. The molecule has 0 aliphatic heterocycles. The predicted octanol–water partition coefficient (Wildman–Crippen LogP) is 5.06. The van der Waals surface area contributed by atoms with Crippen molar-refractivity contribution in [2.45, 2.75) is 45.4 Å². The molecule has 3 atom stereocenters. The van der Waals surface area contributed by atoms with Crippen LogP contribution in [-0.4, -0.2) is 16.1 Å². The summed E-state index contributed by atoms with van der Waals surface area (Å²) in [6, 6.07) is 2.60. The Morgan fingerprint density at radius 2 is 2.23 bits per heavy atom. The third kappa shape index (κ3) is 2.62. The van der Waals surface area contributed by atoms with Crippen molar-refractivity contribution in [1.82, 2.24) is 4.98 Å². The number of carboxylic acids is 1. The fourth-order valence-electron chi connectivity index (χ4n) is 3.70. The lowest BCUT2D eigenvalue weighted by molar-refractivity contribution is 0.0696. The standard InChI is InChI=1S/C17H20FNO2S/c1-3-10-6-4-5-9(2)14(10)16-19-15-12(18)7-11(17(20)21)8-13(15)22-16/h7-10,14H,3-6H2,1-2H3,(H,20,21). The molecule has 5 heteroatoms. The molecule has 1 aliphatic rings. The molecule has 1 heterocycles. The van der Waals surface area contributed by atoms with Gasteiger partial charge < -0.3 is 5.11 Å². The van der Waals surface area contributed by atoms with Crippen LogP contribution in [0, 0.1) is 17.7 Å². The van der Waals surface area contributed by atoms with Gasteiger partial charge in [0.1, 0.15) is 5.52 Å². The van der Waals surface area contributed by atoms with E-state index in [0.29, 0.717) is 28.0 Å². The highest BCUT2D eigenvalue weighted by atomic mass is 32.1. The van der Waals surface area contributed by atoms with Gasteiger partial charge in [0.25, 0.3) is 0 Å². The van der Waals surface area contributed by atoms with Crippen molar-refractivity contribution in [2.75, 3.05) is 0 Å². The maximum atomic E-state index is 14.1. The Hall–Kier alpha value is -1.49. The Labute approximate surface area is 133 Å². The van der Waals surface area contributed by atoms with E-state index in [0.717, 1.165) is 17.5 Å². The van der Waals surface area contributed by atoms with Gasteiger partial charge in [-0.25, -0.2) is 14.2 Å². The summed E-state index contributed by atoms with van der Waals surface area (Å²) >= 11 is 1.46. The van der Waals surface area contributed by atoms with Crippen molar-refractivity contribution in [2.24, 2.45) is 11.8 Å². The molecule has 1 aromatic heterocycles. The maximum Gasteiger partial charge on any atom is 0.335 e. The summed E-state index contributed by atoms with van der Waals surface area (Å²) in [5.41, 5.74) is 0.307. The van der Waals surface area contributed by atoms with Crippen LogP contribution >= 0.6 is 11.3 Å². The molecule has 0 saturated heterocycles. The van der Waals surface area contributed by atoms with Crippen LogP contribution in [0.3, 0.4) is 0 Å². The van der Waals surface area contributed by atoms with Gasteiger partial charge in [0.2, 0.25) is 0 Å². The second kappa shape index (κ2) is 5.95. The van der Waals surface area contributed by atoms with E-state index in [-0.39, 0.29) is 5.56 Å². The molecule has 1 fully saturated rings. The van der Waals surface area contributed by atoms with Gasteiger partial charge in [0, 0.05) is 5.92 Å². The molecule has 0 bridgehead atoms. The molecular weight excluding hydrogens is 301 g/mol. The predicted molar refractivity (Wildman–Crippen MR) is 86.1 cm³/mol. The first kappa shape index (κ1) is 15.4. The van der Waals surface area contributed by atoms with Crippen LogP contribution < -0.4 is 0 Å². The van der Waals surface area contributed by atoms with E-state index < -0.39 is 11.8 Å². The molecule has 1 aromatic carbocycles. The van der Waals surface area contributed by atoms with E-state index in [4.69, 9.17) is 5.11 Å². The Balaban J connectivity index is 2.07. The Morgan fingerprint density at radius 3 is 2.91 bits per heavy atom. The molecule has 3 rings (SSSR count). The van der Waals surface area contributed by atoms with Gasteiger partial charge in [0.15, 0.2) is 5.82 Å². The molecule has 2 aromatic rings. The van der Waals surface area contributed by atoms with Crippen molar-refractivity contribution in [3.8, 4) is 0 Å². The number of carbonyl (C=O) groups is 1. The van der Waals surface area contributed by atoms with Gasteiger partial charge in [-0.05, 0) is 30.4 Å². The van der Waals surface area contributed by atoms with Crippen LogP contribution in [-0.2, 0) is 0 Å². The second-order valence-electron chi connectivity index (χ2n) is 6.26. The van der Waals surface area contributed by atoms with E-state index >= 15 is 0 Å². The summed E-state index contributed by atoms with van der Waals surface area (Å²) in [6.45, 7) is 4.45. The average molecular weight is 321 g/mol. The number of rotatable bonds is 3. The van der Waals surface area contributed by atoms with Gasteiger partial charge in [-0.3, -0.25) is 0 Å². The van der Waals surface area contributed by atoms with Crippen LogP contribution in [0.5, 0.6) is 0 Å². The summed E-state index contributed by atoms with van der Waals surface area (Å²) in [5.74, 6) is -0.140. The summed E-state index contributed by atoms with van der Waals surface area (Å²) in [6.07, 6.45) is 4.73. The number of fused-ring (bicyclic) bond motifs is 1. The average Bonchev–Trinajstić information content (AvgIpc) is 2.90. The number of nitrogens with zero attached hydrogens (tertiary/aromatic N) is 1. The monoisotopic (exact) mass is 321 g/mol. The minimum Gasteiger partial charge on any atom is -0.478 e.